The third kappa shape index (κ3) is 3.28. The zero-order chi connectivity index (χ0) is 12.1. The second-order valence-corrected chi connectivity index (χ2v) is 4.85. The van der Waals surface area contributed by atoms with E-state index in [1.54, 1.807) is 0 Å². The van der Waals surface area contributed by atoms with E-state index in [1.165, 1.54) is 11.1 Å². The van der Waals surface area contributed by atoms with Crippen LogP contribution in [-0.4, -0.2) is 19.3 Å². The van der Waals surface area contributed by atoms with Gasteiger partial charge < -0.3 is 4.74 Å². The Morgan fingerprint density at radius 1 is 1.35 bits per heavy atom. The molecule has 0 amide bonds. The van der Waals surface area contributed by atoms with Gasteiger partial charge in [0.1, 0.15) is 0 Å². The van der Waals surface area contributed by atoms with Crippen molar-refractivity contribution in [1.29, 1.82) is 0 Å². The van der Waals surface area contributed by atoms with Crippen molar-refractivity contribution >= 4 is 0 Å². The lowest BCUT2D eigenvalue weighted by molar-refractivity contribution is 0.0537. The first-order valence-electron chi connectivity index (χ1n) is 6.39. The topological polar surface area (TPSA) is 47.3 Å². The minimum atomic E-state index is 0.361. The number of aryl methyl sites for hydroxylation is 1. The van der Waals surface area contributed by atoms with Gasteiger partial charge in [0.2, 0.25) is 0 Å². The maximum absolute atomic E-state index is 5.71. The number of rotatable bonds is 4. The summed E-state index contributed by atoms with van der Waals surface area (Å²) in [6, 6.07) is 8.89. The van der Waals surface area contributed by atoms with Gasteiger partial charge in [-0.3, -0.25) is 11.3 Å². The average molecular weight is 234 g/mol. The number of hydrogen-bond acceptors (Lipinski definition) is 3. The number of benzene rings is 1. The first-order valence-corrected chi connectivity index (χ1v) is 6.39. The Kier molecular flexibility index (Phi) is 4.54. The van der Waals surface area contributed by atoms with E-state index in [0.717, 1.165) is 32.5 Å². The molecular weight excluding hydrogens is 212 g/mol. The lowest BCUT2D eigenvalue weighted by Crippen LogP contribution is -2.44. The molecule has 1 unspecified atom stereocenters. The molecule has 1 aromatic carbocycles. The molecule has 3 nitrogen and oxygen atoms in total. The SMILES string of the molecule is Cc1ccccc1CC(NN)C1CCOCC1. The third-order valence-electron chi connectivity index (χ3n) is 3.75. The summed E-state index contributed by atoms with van der Waals surface area (Å²) in [7, 11) is 0. The summed E-state index contributed by atoms with van der Waals surface area (Å²) in [5, 5.41) is 0. The highest BCUT2D eigenvalue weighted by Gasteiger charge is 2.23. The van der Waals surface area contributed by atoms with Crippen LogP contribution in [0.1, 0.15) is 24.0 Å². The monoisotopic (exact) mass is 234 g/mol. The molecule has 1 aliphatic rings. The van der Waals surface area contributed by atoms with E-state index in [9.17, 15) is 0 Å². The molecule has 1 saturated heterocycles. The normalized spacial score (nSPS) is 19.2. The minimum Gasteiger partial charge on any atom is -0.381 e. The maximum atomic E-state index is 5.71. The van der Waals surface area contributed by atoms with Gasteiger partial charge in [-0.15, -0.1) is 0 Å². The van der Waals surface area contributed by atoms with Crippen molar-refractivity contribution in [2.45, 2.75) is 32.2 Å². The van der Waals surface area contributed by atoms with E-state index >= 15 is 0 Å². The summed E-state index contributed by atoms with van der Waals surface area (Å²) < 4.78 is 5.40. The van der Waals surface area contributed by atoms with Crippen LogP contribution >= 0.6 is 0 Å². The fourth-order valence-corrected chi connectivity index (χ4v) is 2.56. The van der Waals surface area contributed by atoms with Gasteiger partial charge in [0.05, 0.1) is 0 Å². The number of hydrogen-bond donors (Lipinski definition) is 2. The van der Waals surface area contributed by atoms with Crippen molar-refractivity contribution < 1.29 is 4.74 Å². The fourth-order valence-electron chi connectivity index (χ4n) is 2.56. The van der Waals surface area contributed by atoms with E-state index in [1.807, 2.05) is 0 Å². The highest BCUT2D eigenvalue weighted by Crippen LogP contribution is 2.22. The fraction of sp³-hybridized carbons (Fsp3) is 0.571. The van der Waals surface area contributed by atoms with Crippen LogP contribution in [0.4, 0.5) is 0 Å². The van der Waals surface area contributed by atoms with Crippen LogP contribution in [0.25, 0.3) is 0 Å². The number of ether oxygens (including phenoxy) is 1. The van der Waals surface area contributed by atoms with Gasteiger partial charge in [0, 0.05) is 19.3 Å². The van der Waals surface area contributed by atoms with Gasteiger partial charge in [-0.25, -0.2) is 0 Å². The Morgan fingerprint density at radius 3 is 2.71 bits per heavy atom. The van der Waals surface area contributed by atoms with Crippen molar-refractivity contribution in [1.82, 2.24) is 5.43 Å². The molecule has 0 bridgehead atoms. The molecule has 2 rings (SSSR count). The molecule has 1 fully saturated rings. The maximum Gasteiger partial charge on any atom is 0.0469 e. The minimum absolute atomic E-state index is 0.361. The Labute approximate surface area is 103 Å². The van der Waals surface area contributed by atoms with E-state index < -0.39 is 0 Å². The zero-order valence-corrected chi connectivity index (χ0v) is 10.5. The van der Waals surface area contributed by atoms with Crippen LogP contribution < -0.4 is 11.3 Å². The van der Waals surface area contributed by atoms with Crippen molar-refractivity contribution in [2.24, 2.45) is 11.8 Å². The van der Waals surface area contributed by atoms with Crippen LogP contribution in [-0.2, 0) is 11.2 Å². The number of nitrogens with one attached hydrogen (secondary N) is 1. The highest BCUT2D eigenvalue weighted by atomic mass is 16.5. The van der Waals surface area contributed by atoms with Crippen molar-refractivity contribution in [2.75, 3.05) is 13.2 Å². The van der Waals surface area contributed by atoms with Crippen LogP contribution in [0, 0.1) is 12.8 Å². The first kappa shape index (κ1) is 12.6. The molecule has 17 heavy (non-hydrogen) atoms. The lowest BCUT2D eigenvalue weighted by atomic mass is 9.87. The molecule has 0 aromatic heterocycles. The Hall–Kier alpha value is -0.900. The molecule has 94 valence electrons. The number of hydrazine groups is 1. The van der Waals surface area contributed by atoms with Gasteiger partial charge in [0.15, 0.2) is 0 Å². The van der Waals surface area contributed by atoms with Crippen molar-refractivity contribution in [3.63, 3.8) is 0 Å². The predicted octanol–water partition coefficient (Wildman–Crippen LogP) is 1.80. The van der Waals surface area contributed by atoms with Gasteiger partial charge >= 0.3 is 0 Å². The Balaban J connectivity index is 2.01. The average Bonchev–Trinajstić information content (AvgIpc) is 2.39. The van der Waals surface area contributed by atoms with Crippen LogP contribution in [0.15, 0.2) is 24.3 Å². The van der Waals surface area contributed by atoms with Crippen molar-refractivity contribution in [3.05, 3.63) is 35.4 Å². The van der Waals surface area contributed by atoms with Crippen molar-refractivity contribution in [3.8, 4) is 0 Å². The van der Waals surface area contributed by atoms with E-state index in [-0.39, 0.29) is 0 Å². The number of nitrogens with two attached hydrogens (primary N) is 1. The summed E-state index contributed by atoms with van der Waals surface area (Å²) in [6.45, 7) is 3.90. The molecular formula is C14H22N2O. The van der Waals surface area contributed by atoms with Crippen LogP contribution in [0.5, 0.6) is 0 Å². The summed E-state index contributed by atoms with van der Waals surface area (Å²) in [6.07, 6.45) is 3.23. The molecule has 1 aromatic rings. The molecule has 3 N–H and O–H groups in total. The van der Waals surface area contributed by atoms with Gasteiger partial charge in [-0.05, 0) is 43.2 Å². The molecule has 0 saturated carbocycles. The summed E-state index contributed by atoms with van der Waals surface area (Å²) >= 11 is 0. The second kappa shape index (κ2) is 6.15. The second-order valence-electron chi connectivity index (χ2n) is 4.85. The van der Waals surface area contributed by atoms with E-state index in [4.69, 9.17) is 10.6 Å². The predicted molar refractivity (Wildman–Crippen MR) is 69.5 cm³/mol. The molecule has 1 heterocycles. The largest absolute Gasteiger partial charge is 0.381 e. The standard InChI is InChI=1S/C14H22N2O/c1-11-4-2-3-5-13(11)10-14(16-15)12-6-8-17-9-7-12/h2-5,12,14,16H,6-10,15H2,1H3. The van der Waals surface area contributed by atoms with Crippen LogP contribution in [0.2, 0.25) is 0 Å². The first-order chi connectivity index (χ1) is 8.31. The lowest BCUT2D eigenvalue weighted by Gasteiger charge is -2.30. The summed E-state index contributed by atoms with van der Waals surface area (Å²) in [4.78, 5) is 0. The zero-order valence-electron chi connectivity index (χ0n) is 10.5. The van der Waals surface area contributed by atoms with Gasteiger partial charge in [0.25, 0.3) is 0 Å². The van der Waals surface area contributed by atoms with E-state index in [0.29, 0.717) is 12.0 Å². The third-order valence-corrected chi connectivity index (χ3v) is 3.75. The summed E-state index contributed by atoms with van der Waals surface area (Å²) in [5.74, 6) is 6.34. The summed E-state index contributed by atoms with van der Waals surface area (Å²) in [5.41, 5.74) is 5.73. The van der Waals surface area contributed by atoms with Crippen LogP contribution in [0.3, 0.4) is 0 Å². The molecule has 3 heteroatoms. The molecule has 0 aliphatic carbocycles. The van der Waals surface area contributed by atoms with Gasteiger partial charge in [-0.2, -0.15) is 0 Å². The highest BCUT2D eigenvalue weighted by molar-refractivity contribution is 5.26. The smallest absolute Gasteiger partial charge is 0.0469 e. The quantitative estimate of drug-likeness (QED) is 0.617. The molecule has 1 atom stereocenters. The molecule has 0 spiro atoms. The molecule has 0 radical (unpaired) electrons. The van der Waals surface area contributed by atoms with Gasteiger partial charge in [-0.1, -0.05) is 24.3 Å². The Morgan fingerprint density at radius 2 is 2.06 bits per heavy atom. The molecule has 1 aliphatic heterocycles. The Bertz CT molecular complexity index is 348. The van der Waals surface area contributed by atoms with E-state index in [2.05, 4.69) is 36.6 Å².